The number of pyridine rings is 1. The third-order valence-electron chi connectivity index (χ3n) is 4.58. The molecule has 0 N–H and O–H groups in total. The van der Waals surface area contributed by atoms with Gasteiger partial charge in [-0.15, -0.1) is 10.2 Å². The first kappa shape index (κ1) is 18.2. The zero-order valence-electron chi connectivity index (χ0n) is 16.0. The molecule has 5 rings (SSSR count). The predicted octanol–water partition coefficient (Wildman–Crippen LogP) is 4.10. The topological polar surface area (TPSA) is 73.8 Å². The Kier molecular flexibility index (Phi) is 4.57. The summed E-state index contributed by atoms with van der Waals surface area (Å²) in [6.45, 7) is 0. The van der Waals surface area contributed by atoms with Crippen LogP contribution in [0.4, 0.5) is 5.82 Å². The Labute approximate surface area is 176 Å². The molecule has 7 nitrogen and oxygen atoms in total. The summed E-state index contributed by atoms with van der Waals surface area (Å²) in [6, 6.07) is 22.8. The molecule has 0 bridgehead atoms. The van der Waals surface area contributed by atoms with Crippen molar-refractivity contribution < 1.29 is 0 Å². The molecule has 0 saturated heterocycles. The quantitative estimate of drug-likeness (QED) is 0.446. The van der Waals surface area contributed by atoms with Crippen LogP contribution in [0.5, 0.6) is 0 Å². The number of aromatic nitrogens is 6. The van der Waals surface area contributed by atoms with Gasteiger partial charge >= 0.3 is 0 Å². The third kappa shape index (κ3) is 3.35. The van der Waals surface area contributed by atoms with Gasteiger partial charge in [-0.25, -0.2) is 14.7 Å². The molecule has 30 heavy (non-hydrogen) atoms. The molecule has 5 aromatic rings. The molecule has 2 aromatic carbocycles. The van der Waals surface area contributed by atoms with E-state index in [9.17, 15) is 0 Å². The zero-order valence-corrected chi connectivity index (χ0v) is 16.8. The van der Waals surface area contributed by atoms with E-state index >= 15 is 0 Å². The molecule has 0 radical (unpaired) electrons. The monoisotopic (exact) mass is 413 g/mol. The molecule has 0 fully saturated rings. The van der Waals surface area contributed by atoms with Gasteiger partial charge in [-0.1, -0.05) is 48.0 Å². The van der Waals surface area contributed by atoms with E-state index < -0.39 is 0 Å². The Hall–Kier alpha value is -3.84. The van der Waals surface area contributed by atoms with Crippen LogP contribution in [0, 0.1) is 0 Å². The first-order valence-electron chi connectivity index (χ1n) is 9.30. The molecule has 0 aliphatic rings. The van der Waals surface area contributed by atoms with Crippen molar-refractivity contribution in [1.82, 2.24) is 29.8 Å². The highest BCUT2D eigenvalue weighted by atomic mass is 35.5. The molecule has 0 aliphatic carbocycles. The van der Waals surface area contributed by atoms with Crippen molar-refractivity contribution in [1.29, 1.82) is 0 Å². The number of hydrogen-bond acceptors (Lipinski definition) is 5. The smallest absolute Gasteiger partial charge is 0.181 e. The first-order valence-corrected chi connectivity index (χ1v) is 9.68. The van der Waals surface area contributed by atoms with E-state index in [0.29, 0.717) is 27.4 Å². The number of hydrogen-bond donors (Lipinski definition) is 0. The van der Waals surface area contributed by atoms with Crippen LogP contribution in [0.2, 0.25) is 5.02 Å². The van der Waals surface area contributed by atoms with E-state index in [0.717, 1.165) is 16.9 Å². The van der Waals surface area contributed by atoms with Gasteiger partial charge in [-0.3, -0.25) is 0 Å². The van der Waals surface area contributed by atoms with Crippen LogP contribution in [0.25, 0.3) is 28.0 Å². The van der Waals surface area contributed by atoms with Gasteiger partial charge in [0.2, 0.25) is 0 Å². The molecule has 0 aliphatic heterocycles. The predicted molar refractivity (Wildman–Crippen MR) is 116 cm³/mol. The van der Waals surface area contributed by atoms with Gasteiger partial charge in [0.1, 0.15) is 11.2 Å². The number of halogens is 1. The molecular weight excluding hydrogens is 398 g/mol. The fraction of sp³-hybridized carbons (Fsp3) is 0.0455. The van der Waals surface area contributed by atoms with Gasteiger partial charge in [-0.2, -0.15) is 9.90 Å². The van der Waals surface area contributed by atoms with E-state index in [1.165, 1.54) is 0 Å². The molecule has 0 amide bonds. The van der Waals surface area contributed by atoms with Gasteiger partial charge in [0.15, 0.2) is 16.8 Å². The Morgan fingerprint density at radius 2 is 1.53 bits per heavy atom. The van der Waals surface area contributed by atoms with Crippen LogP contribution in [-0.4, -0.2) is 29.8 Å². The minimum atomic E-state index is 0.573. The van der Waals surface area contributed by atoms with Gasteiger partial charge in [0.05, 0.1) is 5.69 Å². The Morgan fingerprint density at radius 3 is 2.27 bits per heavy atom. The van der Waals surface area contributed by atoms with E-state index in [-0.39, 0.29) is 0 Å². The zero-order chi connectivity index (χ0) is 20.5. The standard InChI is InChI=1S/C22H16ClN7/c1-29-22(25-18-9-5-6-14-24-18)21-20(19(26-29)15-7-3-2-4-8-15)27-30(28-21)17-12-10-16(23)11-13-17/h2-14H,1H3/b25-22+. The summed E-state index contributed by atoms with van der Waals surface area (Å²) in [6.07, 6.45) is 1.70. The Balaban J connectivity index is 1.82. The molecule has 0 spiro atoms. The van der Waals surface area contributed by atoms with Crippen LogP contribution >= 0.6 is 11.6 Å². The van der Waals surface area contributed by atoms with Crippen LogP contribution in [0.3, 0.4) is 0 Å². The molecule has 146 valence electrons. The van der Waals surface area contributed by atoms with E-state index in [1.54, 1.807) is 27.8 Å². The van der Waals surface area contributed by atoms with Crippen molar-refractivity contribution in [2.45, 2.75) is 0 Å². The SMILES string of the molecule is Cn1nc(-c2ccccc2)c2nn(-c3ccc(Cl)cc3)nc2/c1=N\c1ccccn1. The second kappa shape index (κ2) is 7.53. The maximum absolute atomic E-state index is 6.03. The van der Waals surface area contributed by atoms with E-state index in [2.05, 4.69) is 9.98 Å². The molecule has 8 heteroatoms. The minimum absolute atomic E-state index is 0.573. The summed E-state index contributed by atoms with van der Waals surface area (Å²) in [4.78, 5) is 10.6. The van der Waals surface area contributed by atoms with Crippen LogP contribution in [0.15, 0.2) is 84.0 Å². The largest absolute Gasteiger partial charge is 0.248 e. The Morgan fingerprint density at radius 1 is 0.800 bits per heavy atom. The summed E-state index contributed by atoms with van der Waals surface area (Å²) in [5, 5.41) is 14.9. The van der Waals surface area contributed by atoms with E-state index in [1.807, 2.05) is 67.7 Å². The van der Waals surface area contributed by atoms with Crippen molar-refractivity contribution in [2.24, 2.45) is 12.0 Å². The van der Waals surface area contributed by atoms with Gasteiger partial charge < -0.3 is 0 Å². The summed E-state index contributed by atoms with van der Waals surface area (Å²) in [5.41, 5.74) is 4.33. The molecular formula is C22H16ClN7. The summed E-state index contributed by atoms with van der Waals surface area (Å²) < 4.78 is 1.71. The summed E-state index contributed by atoms with van der Waals surface area (Å²) in [5.74, 6) is 0.574. The molecule has 0 saturated carbocycles. The fourth-order valence-corrected chi connectivity index (χ4v) is 3.27. The molecule has 3 aromatic heterocycles. The lowest BCUT2D eigenvalue weighted by Gasteiger charge is -2.05. The maximum Gasteiger partial charge on any atom is 0.181 e. The minimum Gasteiger partial charge on any atom is -0.248 e. The van der Waals surface area contributed by atoms with Crippen molar-refractivity contribution in [2.75, 3.05) is 0 Å². The van der Waals surface area contributed by atoms with Gasteiger partial charge in [-0.05, 0) is 36.4 Å². The average Bonchev–Trinajstić information content (AvgIpc) is 3.23. The second-order valence-corrected chi connectivity index (χ2v) is 7.06. The second-order valence-electron chi connectivity index (χ2n) is 6.62. The lowest BCUT2D eigenvalue weighted by Crippen LogP contribution is -2.22. The third-order valence-corrected chi connectivity index (χ3v) is 4.83. The number of aryl methyl sites for hydroxylation is 1. The van der Waals surface area contributed by atoms with Crippen molar-refractivity contribution >= 4 is 28.5 Å². The number of fused-ring (bicyclic) bond motifs is 1. The normalized spacial score (nSPS) is 11.9. The van der Waals surface area contributed by atoms with E-state index in [4.69, 9.17) is 26.9 Å². The molecule has 0 atom stereocenters. The highest BCUT2D eigenvalue weighted by Gasteiger charge is 2.16. The Bertz CT molecular complexity index is 1390. The maximum atomic E-state index is 6.03. The van der Waals surface area contributed by atoms with Gasteiger partial charge in [0, 0.05) is 23.8 Å². The molecule has 3 heterocycles. The number of rotatable bonds is 3. The number of benzene rings is 2. The highest BCUT2D eigenvalue weighted by Crippen LogP contribution is 2.23. The van der Waals surface area contributed by atoms with Crippen LogP contribution in [-0.2, 0) is 7.05 Å². The lowest BCUT2D eigenvalue weighted by atomic mass is 10.1. The van der Waals surface area contributed by atoms with Crippen molar-refractivity contribution in [3.8, 4) is 16.9 Å². The lowest BCUT2D eigenvalue weighted by molar-refractivity contribution is 0.704. The van der Waals surface area contributed by atoms with Gasteiger partial charge in [0.25, 0.3) is 0 Å². The molecule has 0 unspecified atom stereocenters. The van der Waals surface area contributed by atoms with Crippen LogP contribution < -0.4 is 5.49 Å². The number of nitrogens with zero attached hydrogens (tertiary/aromatic N) is 7. The summed E-state index contributed by atoms with van der Waals surface area (Å²) >= 11 is 6.03. The van der Waals surface area contributed by atoms with Crippen LogP contribution in [0.1, 0.15) is 0 Å². The highest BCUT2D eigenvalue weighted by molar-refractivity contribution is 6.30. The first-order chi connectivity index (χ1) is 14.7. The average molecular weight is 414 g/mol. The van der Waals surface area contributed by atoms with Crippen molar-refractivity contribution in [3.05, 3.63) is 89.5 Å². The van der Waals surface area contributed by atoms with Crippen molar-refractivity contribution in [3.63, 3.8) is 0 Å². The summed E-state index contributed by atoms with van der Waals surface area (Å²) in [7, 11) is 1.84. The fourth-order valence-electron chi connectivity index (χ4n) is 3.15.